The standard InChI is InChI=1S/C27H44FNO2/c1-2-3-4-5-6-7-8-9-10-11-12-13-14-15-16-17-18-26(23-30)31-27-20-24(22-29)19-25(28)21-27/h19-21,26,30H,2-18,23H2,1H3/t26-/m0/s1. The first-order valence-electron chi connectivity index (χ1n) is 12.7. The van der Waals surface area contributed by atoms with Crippen LogP contribution in [0.15, 0.2) is 18.2 Å². The molecule has 0 unspecified atom stereocenters. The van der Waals surface area contributed by atoms with E-state index in [4.69, 9.17) is 10.00 Å². The highest BCUT2D eigenvalue weighted by Crippen LogP contribution is 2.20. The molecule has 0 aliphatic carbocycles. The van der Waals surface area contributed by atoms with Crippen molar-refractivity contribution in [3.63, 3.8) is 0 Å². The number of unbranched alkanes of at least 4 members (excludes halogenated alkanes) is 15. The van der Waals surface area contributed by atoms with Gasteiger partial charge in [0.2, 0.25) is 0 Å². The number of hydrogen-bond donors (Lipinski definition) is 1. The molecule has 1 rings (SSSR count). The van der Waals surface area contributed by atoms with Gasteiger partial charge in [0.25, 0.3) is 0 Å². The van der Waals surface area contributed by atoms with E-state index >= 15 is 0 Å². The van der Waals surface area contributed by atoms with Crippen molar-refractivity contribution in [1.29, 1.82) is 5.26 Å². The molecule has 0 heterocycles. The van der Waals surface area contributed by atoms with Crippen LogP contribution in [-0.2, 0) is 0 Å². The van der Waals surface area contributed by atoms with Gasteiger partial charge < -0.3 is 9.84 Å². The molecule has 0 aliphatic heterocycles. The highest BCUT2D eigenvalue weighted by Gasteiger charge is 2.11. The second kappa shape index (κ2) is 19.1. The monoisotopic (exact) mass is 433 g/mol. The van der Waals surface area contributed by atoms with Crippen molar-refractivity contribution in [2.24, 2.45) is 0 Å². The summed E-state index contributed by atoms with van der Waals surface area (Å²) in [5.41, 5.74) is 0.231. The van der Waals surface area contributed by atoms with Gasteiger partial charge >= 0.3 is 0 Å². The lowest BCUT2D eigenvalue weighted by molar-refractivity contribution is 0.106. The summed E-state index contributed by atoms with van der Waals surface area (Å²) in [7, 11) is 0. The van der Waals surface area contributed by atoms with Gasteiger partial charge in [-0.25, -0.2) is 4.39 Å². The maximum atomic E-state index is 13.5. The fourth-order valence-corrected chi connectivity index (χ4v) is 4.00. The molecular weight excluding hydrogens is 389 g/mol. The summed E-state index contributed by atoms with van der Waals surface area (Å²) >= 11 is 0. The van der Waals surface area contributed by atoms with Gasteiger partial charge in [0.1, 0.15) is 17.7 Å². The summed E-state index contributed by atoms with van der Waals surface area (Å²) in [4.78, 5) is 0. The molecule has 0 spiro atoms. The molecule has 1 aromatic rings. The molecule has 0 fully saturated rings. The molecule has 3 nitrogen and oxygen atoms in total. The van der Waals surface area contributed by atoms with E-state index in [0.29, 0.717) is 5.75 Å². The van der Waals surface area contributed by atoms with Crippen LogP contribution in [0.4, 0.5) is 4.39 Å². The number of nitriles is 1. The quantitative estimate of drug-likeness (QED) is 0.211. The van der Waals surface area contributed by atoms with Gasteiger partial charge in [-0.05, 0) is 25.0 Å². The molecular formula is C27H44FNO2. The Kier molecular flexibility index (Phi) is 16.9. The summed E-state index contributed by atoms with van der Waals surface area (Å²) in [5, 5.41) is 18.4. The van der Waals surface area contributed by atoms with Crippen LogP contribution in [0.5, 0.6) is 5.75 Å². The molecule has 1 aromatic carbocycles. The minimum atomic E-state index is -0.492. The third kappa shape index (κ3) is 14.9. The van der Waals surface area contributed by atoms with E-state index in [1.54, 1.807) is 0 Å². The highest BCUT2D eigenvalue weighted by molar-refractivity contribution is 5.37. The third-order valence-corrected chi connectivity index (χ3v) is 5.89. The minimum absolute atomic E-state index is 0.100. The fourth-order valence-electron chi connectivity index (χ4n) is 4.00. The summed E-state index contributed by atoms with van der Waals surface area (Å²) in [5.74, 6) is -0.180. The Hall–Kier alpha value is -1.60. The van der Waals surface area contributed by atoms with Crippen molar-refractivity contribution in [3.05, 3.63) is 29.6 Å². The van der Waals surface area contributed by atoms with E-state index < -0.39 is 5.82 Å². The molecule has 0 amide bonds. The van der Waals surface area contributed by atoms with E-state index in [0.717, 1.165) is 19.3 Å². The molecule has 0 radical (unpaired) electrons. The van der Waals surface area contributed by atoms with Crippen molar-refractivity contribution in [1.82, 2.24) is 0 Å². The Bertz CT molecular complexity index is 599. The number of ether oxygens (including phenoxy) is 1. The zero-order valence-electron chi connectivity index (χ0n) is 19.7. The lowest BCUT2D eigenvalue weighted by Gasteiger charge is -2.17. The van der Waals surface area contributed by atoms with Gasteiger partial charge in [-0.1, -0.05) is 103 Å². The zero-order valence-corrected chi connectivity index (χ0v) is 19.7. The number of halogens is 1. The van der Waals surface area contributed by atoms with Gasteiger partial charge in [0, 0.05) is 6.07 Å². The van der Waals surface area contributed by atoms with Crippen molar-refractivity contribution >= 4 is 0 Å². The SMILES string of the molecule is CCCCCCCCCCCCCCCCCC[C@@H](CO)Oc1cc(F)cc(C#N)c1. The first kappa shape index (κ1) is 27.4. The highest BCUT2D eigenvalue weighted by atomic mass is 19.1. The molecule has 0 saturated carbocycles. The maximum absolute atomic E-state index is 13.5. The minimum Gasteiger partial charge on any atom is -0.488 e. The van der Waals surface area contributed by atoms with Crippen LogP contribution < -0.4 is 4.74 Å². The van der Waals surface area contributed by atoms with E-state index in [9.17, 15) is 9.50 Å². The average molecular weight is 434 g/mol. The smallest absolute Gasteiger partial charge is 0.128 e. The van der Waals surface area contributed by atoms with Crippen LogP contribution >= 0.6 is 0 Å². The lowest BCUT2D eigenvalue weighted by atomic mass is 10.0. The second-order valence-corrected chi connectivity index (χ2v) is 8.80. The summed E-state index contributed by atoms with van der Waals surface area (Å²) in [6.45, 7) is 2.17. The predicted molar refractivity (Wildman–Crippen MR) is 127 cm³/mol. The number of aliphatic hydroxyl groups is 1. The van der Waals surface area contributed by atoms with Gasteiger partial charge in [-0.2, -0.15) is 5.26 Å². The number of benzene rings is 1. The summed E-state index contributed by atoms with van der Waals surface area (Å²) in [6.07, 6.45) is 21.6. The number of rotatable bonds is 20. The largest absolute Gasteiger partial charge is 0.488 e. The van der Waals surface area contributed by atoms with Crippen LogP contribution in [0.25, 0.3) is 0 Å². The Balaban J connectivity index is 1.95. The molecule has 0 saturated heterocycles. The molecule has 31 heavy (non-hydrogen) atoms. The van der Waals surface area contributed by atoms with Crippen molar-refractivity contribution in [3.8, 4) is 11.8 Å². The first-order chi connectivity index (χ1) is 15.2. The van der Waals surface area contributed by atoms with Gasteiger partial charge in [-0.15, -0.1) is 0 Å². The fraction of sp³-hybridized carbons (Fsp3) is 0.741. The molecule has 1 N–H and O–H groups in total. The maximum Gasteiger partial charge on any atom is 0.128 e. The average Bonchev–Trinajstić information content (AvgIpc) is 2.77. The van der Waals surface area contributed by atoms with E-state index in [2.05, 4.69) is 6.92 Å². The van der Waals surface area contributed by atoms with Crippen molar-refractivity contribution in [2.75, 3.05) is 6.61 Å². The summed E-state index contributed by atoms with van der Waals surface area (Å²) < 4.78 is 19.2. The normalized spacial score (nSPS) is 11.9. The van der Waals surface area contributed by atoms with Gasteiger partial charge in [-0.3, -0.25) is 0 Å². The second-order valence-electron chi connectivity index (χ2n) is 8.80. The Morgan fingerprint density at radius 3 is 1.74 bits per heavy atom. The number of hydrogen-bond acceptors (Lipinski definition) is 3. The first-order valence-corrected chi connectivity index (χ1v) is 12.7. The molecule has 0 aliphatic rings. The van der Waals surface area contributed by atoms with Crippen LogP contribution in [-0.4, -0.2) is 17.8 Å². The van der Waals surface area contributed by atoms with E-state index in [-0.39, 0.29) is 18.3 Å². The predicted octanol–water partition coefficient (Wildman–Crippen LogP) is 8.09. The topological polar surface area (TPSA) is 53.2 Å². The molecule has 1 atom stereocenters. The zero-order chi connectivity index (χ0) is 22.6. The Morgan fingerprint density at radius 2 is 1.29 bits per heavy atom. The van der Waals surface area contributed by atoms with Crippen LogP contribution in [0.1, 0.15) is 122 Å². The van der Waals surface area contributed by atoms with Crippen LogP contribution in [0.3, 0.4) is 0 Å². The molecule has 0 aromatic heterocycles. The molecule has 4 heteroatoms. The van der Waals surface area contributed by atoms with Crippen molar-refractivity contribution in [2.45, 2.75) is 122 Å². The lowest BCUT2D eigenvalue weighted by Crippen LogP contribution is -2.21. The van der Waals surface area contributed by atoms with Crippen LogP contribution in [0, 0.1) is 17.1 Å². The van der Waals surface area contributed by atoms with E-state index in [1.165, 1.54) is 108 Å². The Morgan fingerprint density at radius 1 is 0.806 bits per heavy atom. The Labute approximate surface area is 190 Å². The number of aliphatic hydroxyl groups excluding tert-OH is 1. The van der Waals surface area contributed by atoms with E-state index in [1.807, 2.05) is 6.07 Å². The number of nitrogens with zero attached hydrogens (tertiary/aromatic N) is 1. The van der Waals surface area contributed by atoms with Crippen LogP contribution in [0.2, 0.25) is 0 Å². The molecule has 176 valence electrons. The third-order valence-electron chi connectivity index (χ3n) is 5.89. The van der Waals surface area contributed by atoms with Crippen molar-refractivity contribution < 1.29 is 14.2 Å². The summed E-state index contributed by atoms with van der Waals surface area (Å²) in [6, 6.07) is 5.87. The van der Waals surface area contributed by atoms with Gasteiger partial charge in [0.15, 0.2) is 0 Å². The molecule has 0 bridgehead atoms. The van der Waals surface area contributed by atoms with Gasteiger partial charge in [0.05, 0.1) is 18.2 Å².